The first-order valence-corrected chi connectivity index (χ1v) is 8.48. The van der Waals surface area contributed by atoms with E-state index in [0.717, 1.165) is 32.4 Å². The number of rotatable bonds is 3. The number of carbonyl (C=O) groups is 1. The molecule has 0 aromatic rings. The van der Waals surface area contributed by atoms with Crippen LogP contribution in [0.2, 0.25) is 0 Å². The molecule has 2 N–H and O–H groups in total. The number of hydrogen-bond donors (Lipinski definition) is 1. The van der Waals surface area contributed by atoms with Gasteiger partial charge in [0.05, 0.1) is 5.54 Å². The monoisotopic (exact) mass is 279 g/mol. The normalized spacial score (nSPS) is 30.9. The number of likely N-dealkylation sites (tertiary alicyclic amines) is 2. The highest BCUT2D eigenvalue weighted by Gasteiger charge is 2.48. The SMILES string of the molecule is NC1(C(=O)N2CCCC(CN3CCCCCC3)C2)CC1. The summed E-state index contributed by atoms with van der Waals surface area (Å²) in [4.78, 5) is 17.0. The summed E-state index contributed by atoms with van der Waals surface area (Å²) in [6.07, 6.45) is 9.68. The predicted molar refractivity (Wildman–Crippen MR) is 80.4 cm³/mol. The third-order valence-electron chi connectivity index (χ3n) is 5.24. The van der Waals surface area contributed by atoms with E-state index in [4.69, 9.17) is 5.73 Å². The molecule has 1 saturated carbocycles. The van der Waals surface area contributed by atoms with Crippen molar-refractivity contribution in [2.24, 2.45) is 11.7 Å². The molecule has 4 heteroatoms. The van der Waals surface area contributed by atoms with Crippen molar-refractivity contribution < 1.29 is 4.79 Å². The molecule has 2 saturated heterocycles. The minimum atomic E-state index is -0.482. The van der Waals surface area contributed by atoms with E-state index in [9.17, 15) is 4.79 Å². The minimum absolute atomic E-state index is 0.220. The van der Waals surface area contributed by atoms with Gasteiger partial charge in [0.1, 0.15) is 0 Å². The smallest absolute Gasteiger partial charge is 0.242 e. The predicted octanol–water partition coefficient (Wildman–Crippen LogP) is 1.59. The molecule has 20 heavy (non-hydrogen) atoms. The first-order chi connectivity index (χ1) is 9.67. The van der Waals surface area contributed by atoms with Crippen molar-refractivity contribution in [3.63, 3.8) is 0 Å². The van der Waals surface area contributed by atoms with Gasteiger partial charge in [0.25, 0.3) is 0 Å². The number of carbonyl (C=O) groups excluding carboxylic acids is 1. The molecule has 4 nitrogen and oxygen atoms in total. The third-order valence-corrected chi connectivity index (χ3v) is 5.24. The van der Waals surface area contributed by atoms with Gasteiger partial charge in [0, 0.05) is 19.6 Å². The Kier molecular flexibility index (Phi) is 4.32. The molecule has 0 aromatic heterocycles. The summed E-state index contributed by atoms with van der Waals surface area (Å²) in [6, 6.07) is 0. The zero-order valence-corrected chi connectivity index (χ0v) is 12.6. The molecule has 3 fully saturated rings. The first-order valence-electron chi connectivity index (χ1n) is 8.48. The van der Waals surface area contributed by atoms with Crippen molar-refractivity contribution in [2.45, 2.75) is 56.9 Å². The maximum atomic E-state index is 12.4. The lowest BCUT2D eigenvalue weighted by atomic mass is 9.96. The molecular weight excluding hydrogens is 250 g/mol. The van der Waals surface area contributed by atoms with E-state index in [2.05, 4.69) is 9.80 Å². The van der Waals surface area contributed by atoms with Crippen molar-refractivity contribution in [1.82, 2.24) is 9.80 Å². The summed E-state index contributed by atoms with van der Waals surface area (Å²) in [5.41, 5.74) is 5.59. The van der Waals surface area contributed by atoms with Crippen molar-refractivity contribution in [2.75, 3.05) is 32.7 Å². The van der Waals surface area contributed by atoms with Crippen molar-refractivity contribution in [3.8, 4) is 0 Å². The summed E-state index contributed by atoms with van der Waals surface area (Å²) >= 11 is 0. The van der Waals surface area contributed by atoms with Gasteiger partial charge < -0.3 is 15.5 Å². The van der Waals surface area contributed by atoms with Crippen molar-refractivity contribution in [3.05, 3.63) is 0 Å². The minimum Gasteiger partial charge on any atom is -0.341 e. The van der Waals surface area contributed by atoms with Gasteiger partial charge >= 0.3 is 0 Å². The topological polar surface area (TPSA) is 49.6 Å². The Bertz CT molecular complexity index is 346. The largest absolute Gasteiger partial charge is 0.341 e. The van der Waals surface area contributed by atoms with Gasteiger partial charge in [-0.15, -0.1) is 0 Å². The van der Waals surface area contributed by atoms with Crippen LogP contribution in [0.5, 0.6) is 0 Å². The van der Waals surface area contributed by atoms with Crippen molar-refractivity contribution >= 4 is 5.91 Å². The van der Waals surface area contributed by atoms with Crippen LogP contribution < -0.4 is 5.73 Å². The van der Waals surface area contributed by atoms with Gasteiger partial charge in [-0.05, 0) is 57.5 Å². The number of nitrogens with zero attached hydrogens (tertiary/aromatic N) is 2. The molecule has 114 valence electrons. The molecule has 1 amide bonds. The summed E-state index contributed by atoms with van der Waals surface area (Å²) < 4.78 is 0. The van der Waals surface area contributed by atoms with Crippen LogP contribution in [0, 0.1) is 5.92 Å². The van der Waals surface area contributed by atoms with Crippen LogP contribution in [0.3, 0.4) is 0 Å². The molecule has 0 spiro atoms. The lowest BCUT2D eigenvalue weighted by molar-refractivity contribution is -0.135. The number of hydrogen-bond acceptors (Lipinski definition) is 3. The van der Waals surface area contributed by atoms with Gasteiger partial charge in [-0.25, -0.2) is 0 Å². The Hall–Kier alpha value is -0.610. The second kappa shape index (κ2) is 6.02. The fraction of sp³-hybridized carbons (Fsp3) is 0.938. The van der Waals surface area contributed by atoms with E-state index in [1.54, 1.807) is 0 Å². The Morgan fingerprint density at radius 3 is 2.40 bits per heavy atom. The fourth-order valence-corrected chi connectivity index (χ4v) is 3.75. The molecular formula is C16H29N3O. The van der Waals surface area contributed by atoms with Gasteiger partial charge in [-0.3, -0.25) is 4.79 Å². The Morgan fingerprint density at radius 2 is 1.75 bits per heavy atom. The number of piperidine rings is 1. The molecule has 3 aliphatic rings. The lowest BCUT2D eigenvalue weighted by Gasteiger charge is -2.36. The average Bonchev–Trinajstić information content (AvgIpc) is 3.24. The van der Waals surface area contributed by atoms with Crippen molar-refractivity contribution in [1.29, 1.82) is 0 Å². The van der Waals surface area contributed by atoms with Crippen LogP contribution in [0.15, 0.2) is 0 Å². The highest BCUT2D eigenvalue weighted by molar-refractivity contribution is 5.89. The molecule has 2 heterocycles. The first kappa shape index (κ1) is 14.3. The van der Waals surface area contributed by atoms with Gasteiger partial charge in [0.2, 0.25) is 5.91 Å². The number of nitrogens with two attached hydrogens (primary N) is 1. The Morgan fingerprint density at radius 1 is 1.05 bits per heavy atom. The zero-order chi connectivity index (χ0) is 14.0. The van der Waals surface area contributed by atoms with Gasteiger partial charge in [-0.2, -0.15) is 0 Å². The molecule has 2 aliphatic heterocycles. The summed E-state index contributed by atoms with van der Waals surface area (Å²) in [7, 11) is 0. The zero-order valence-electron chi connectivity index (χ0n) is 12.6. The van der Waals surface area contributed by atoms with E-state index in [-0.39, 0.29) is 5.91 Å². The fourth-order valence-electron chi connectivity index (χ4n) is 3.75. The molecule has 3 rings (SSSR count). The lowest BCUT2D eigenvalue weighted by Crippen LogP contribution is -2.51. The van der Waals surface area contributed by atoms with Gasteiger partial charge in [0.15, 0.2) is 0 Å². The molecule has 0 bridgehead atoms. The second-order valence-corrected chi connectivity index (χ2v) is 7.13. The maximum absolute atomic E-state index is 12.4. The van der Waals surface area contributed by atoms with E-state index in [1.165, 1.54) is 51.7 Å². The van der Waals surface area contributed by atoms with Gasteiger partial charge in [-0.1, -0.05) is 12.8 Å². The van der Waals surface area contributed by atoms with E-state index in [0.29, 0.717) is 5.92 Å². The van der Waals surface area contributed by atoms with Crippen LogP contribution in [0.25, 0.3) is 0 Å². The quantitative estimate of drug-likeness (QED) is 0.853. The highest BCUT2D eigenvalue weighted by Crippen LogP contribution is 2.35. The van der Waals surface area contributed by atoms with Crippen LogP contribution in [-0.4, -0.2) is 54.0 Å². The summed E-state index contributed by atoms with van der Waals surface area (Å²) in [6.45, 7) is 5.56. The second-order valence-electron chi connectivity index (χ2n) is 7.13. The molecule has 1 atom stereocenters. The standard InChI is InChI=1S/C16H29N3O/c17-16(7-8-16)15(20)19-11-5-6-14(13-19)12-18-9-3-1-2-4-10-18/h14H,1-13,17H2. The third kappa shape index (κ3) is 3.34. The number of amides is 1. The highest BCUT2D eigenvalue weighted by atomic mass is 16.2. The summed E-state index contributed by atoms with van der Waals surface area (Å²) in [5, 5.41) is 0. The molecule has 1 unspecified atom stereocenters. The van der Waals surface area contributed by atoms with E-state index in [1.807, 2.05) is 0 Å². The molecule has 0 radical (unpaired) electrons. The maximum Gasteiger partial charge on any atom is 0.242 e. The molecule has 0 aromatic carbocycles. The van der Waals surface area contributed by atoms with Crippen LogP contribution in [-0.2, 0) is 4.79 Å². The summed E-state index contributed by atoms with van der Waals surface area (Å²) in [5.74, 6) is 0.881. The van der Waals surface area contributed by atoms with Crippen LogP contribution in [0.1, 0.15) is 51.4 Å². The van der Waals surface area contributed by atoms with E-state index >= 15 is 0 Å². The van der Waals surface area contributed by atoms with Crippen LogP contribution in [0.4, 0.5) is 0 Å². The van der Waals surface area contributed by atoms with Crippen LogP contribution >= 0.6 is 0 Å². The average molecular weight is 279 g/mol. The Balaban J connectivity index is 1.51. The Labute approximate surface area is 122 Å². The van der Waals surface area contributed by atoms with E-state index < -0.39 is 5.54 Å². The molecule has 1 aliphatic carbocycles.